The highest BCUT2D eigenvalue weighted by molar-refractivity contribution is 5.35. The highest BCUT2D eigenvalue weighted by Crippen LogP contribution is 2.24. The summed E-state index contributed by atoms with van der Waals surface area (Å²) in [5.74, 6) is 2.48. The normalized spacial score (nSPS) is 13.3. The molecule has 0 aliphatic carbocycles. The highest BCUT2D eigenvalue weighted by atomic mass is 16.5. The molecule has 434 valence electrons. The zero-order valence-corrected chi connectivity index (χ0v) is 52.5. The van der Waals surface area contributed by atoms with E-state index in [4.69, 9.17) is 14.9 Å². The van der Waals surface area contributed by atoms with Crippen LogP contribution >= 0.6 is 0 Å². The van der Waals surface area contributed by atoms with Gasteiger partial charge in [0.2, 0.25) is 0 Å². The number of aliphatic hydroxyl groups excluding tert-OH is 2. The number of methoxy groups -OCH3 is 1. The van der Waals surface area contributed by atoms with Crippen molar-refractivity contribution < 1.29 is 14.9 Å². The van der Waals surface area contributed by atoms with Crippen LogP contribution < -0.4 is 21.3 Å². The van der Waals surface area contributed by atoms with Crippen LogP contribution in [0, 0.1) is 10.8 Å². The fourth-order valence-corrected chi connectivity index (χ4v) is 6.52. The fraction of sp³-hybridized carbons (Fsp3) is 0.721. The number of aliphatic hydroxyl groups is 2. The van der Waals surface area contributed by atoms with Gasteiger partial charge in [-0.1, -0.05) is 131 Å². The van der Waals surface area contributed by atoms with Crippen LogP contribution in [0.15, 0.2) is 54.7 Å². The van der Waals surface area contributed by atoms with Gasteiger partial charge in [0.05, 0.1) is 23.7 Å². The molecule has 1 aliphatic heterocycles. The molecule has 0 radical (unpaired) electrons. The summed E-state index contributed by atoms with van der Waals surface area (Å²) in [5.41, 5.74) is 6.74. The van der Waals surface area contributed by atoms with Gasteiger partial charge in [0.25, 0.3) is 0 Å². The molecule has 1 aliphatic rings. The smallest absolute Gasteiger partial charge is 0.148 e. The van der Waals surface area contributed by atoms with Crippen LogP contribution in [0.3, 0.4) is 0 Å². The van der Waals surface area contributed by atoms with Crippen LogP contribution in [0.1, 0.15) is 200 Å². The second kappa shape index (κ2) is 34.5. The zero-order chi connectivity index (χ0) is 58.4. The van der Waals surface area contributed by atoms with Crippen molar-refractivity contribution in [1.82, 2.24) is 45.8 Å². The summed E-state index contributed by atoms with van der Waals surface area (Å²) in [6.45, 7) is 56.2. The van der Waals surface area contributed by atoms with Crippen molar-refractivity contribution in [3.05, 3.63) is 83.1 Å². The van der Waals surface area contributed by atoms with E-state index in [1.54, 1.807) is 7.11 Å². The number of ether oxygens (including phenoxy) is 1. The number of aromatic nitrogens is 7. The van der Waals surface area contributed by atoms with E-state index < -0.39 is 0 Å². The molecule has 15 nitrogen and oxygen atoms in total. The molecular weight excluding hydrogens is 949 g/mol. The van der Waals surface area contributed by atoms with E-state index in [0.29, 0.717) is 24.2 Å². The lowest BCUT2D eigenvalue weighted by molar-refractivity contribution is 0.119. The van der Waals surface area contributed by atoms with Gasteiger partial charge in [-0.15, -0.1) is 15.3 Å². The number of anilines is 3. The molecule has 0 amide bonds. The molecule has 0 unspecified atom stereocenters. The zero-order valence-electron chi connectivity index (χ0n) is 52.5. The Bertz CT molecular complexity index is 2050. The Morgan fingerprint density at radius 2 is 0.987 bits per heavy atom. The topological polar surface area (TPSA) is 191 Å². The van der Waals surface area contributed by atoms with Crippen LogP contribution in [-0.4, -0.2) is 129 Å². The van der Waals surface area contributed by atoms with Gasteiger partial charge in [0, 0.05) is 99.8 Å². The molecule has 4 aromatic heterocycles. The maximum atomic E-state index is 8.68. The predicted molar refractivity (Wildman–Crippen MR) is 323 cm³/mol. The lowest BCUT2D eigenvalue weighted by atomic mass is 9.88. The first-order valence-electron chi connectivity index (χ1n) is 27.8. The standard InChI is InChI=1S/C13H23N3.C12H19NO.C11H19N3O.C10H17N3.C8H18N2.C7H16O/c1-12(2,3)9-14-11-8-7-10(15-16-11)13(4,5)6;1-12(2,3)10-6-7-11(13-9-10)5-4-8-14;1-11(2,3)9-5-6-10(14-13-9)12-7-8-15-4;1-5-11-9-7-6-8(12-13-9)10(2,3)4;1-8(2,3)10-6-4-9-5-7-10;1-7(2,3)5-4-6-8/h7-8H,9H2,1-6H3,(H,14,16);6-7,9,14H,4-5,8H2,1-3H3;5-6H,7-8H2,1-4H3,(H,12,14);6-7H,5H2,1-4H3,(H,11,13);9H,4-7H2,1-3H3;8H,4-6H2,1-3H3. The summed E-state index contributed by atoms with van der Waals surface area (Å²) >= 11 is 0. The van der Waals surface area contributed by atoms with Crippen molar-refractivity contribution in [3.8, 4) is 0 Å². The van der Waals surface area contributed by atoms with Gasteiger partial charge in [-0.05, 0) is 118 Å². The molecule has 0 spiro atoms. The lowest BCUT2D eigenvalue weighted by Gasteiger charge is -2.38. The summed E-state index contributed by atoms with van der Waals surface area (Å²) in [5, 5.41) is 54.9. The number of aryl methyl sites for hydroxylation is 1. The molecule has 5 heterocycles. The van der Waals surface area contributed by atoms with Gasteiger partial charge >= 0.3 is 0 Å². The van der Waals surface area contributed by atoms with Gasteiger partial charge < -0.3 is 36.2 Å². The van der Waals surface area contributed by atoms with Gasteiger partial charge in [-0.25, -0.2) is 0 Å². The molecule has 0 aromatic carbocycles. The SMILES string of the molecule is CC(C)(C)CCCO.CC(C)(C)CNc1ccc(C(C)(C)C)nn1.CC(C)(C)N1CCNCC1.CC(C)(C)c1ccc(CCCO)nc1.CCNc1ccc(C(C)(C)C)nn1.COCCNc1ccc(C(C)(C)C)nn1. The monoisotopic (exact) mass is 1060 g/mol. The molecule has 6 N–H and O–H groups in total. The van der Waals surface area contributed by atoms with Crippen molar-refractivity contribution in [3.63, 3.8) is 0 Å². The first kappa shape index (κ1) is 71.6. The van der Waals surface area contributed by atoms with Gasteiger partial charge in [-0.2, -0.15) is 15.3 Å². The number of nitrogens with one attached hydrogen (secondary N) is 4. The summed E-state index contributed by atoms with van der Waals surface area (Å²) in [6.07, 6.45) is 5.64. The fourth-order valence-electron chi connectivity index (χ4n) is 6.52. The van der Waals surface area contributed by atoms with Crippen molar-refractivity contribution in [1.29, 1.82) is 0 Å². The first-order chi connectivity index (χ1) is 35.0. The van der Waals surface area contributed by atoms with E-state index in [1.807, 2.05) is 49.5 Å². The average Bonchev–Trinajstić information content (AvgIpc) is 3.32. The molecule has 15 heteroatoms. The Morgan fingerprint density at radius 3 is 1.28 bits per heavy atom. The number of nitrogens with zero attached hydrogens (tertiary/aromatic N) is 8. The second-order valence-electron chi connectivity index (χ2n) is 26.9. The van der Waals surface area contributed by atoms with Crippen LogP contribution in [0.25, 0.3) is 0 Å². The number of hydrogen-bond donors (Lipinski definition) is 6. The van der Waals surface area contributed by atoms with Gasteiger partial charge in [0.15, 0.2) is 0 Å². The minimum absolute atomic E-state index is 0.0536. The summed E-state index contributed by atoms with van der Waals surface area (Å²) in [4.78, 5) is 6.89. The van der Waals surface area contributed by atoms with Crippen LogP contribution in [0.5, 0.6) is 0 Å². The second-order valence-corrected chi connectivity index (χ2v) is 26.9. The Morgan fingerprint density at radius 1 is 0.539 bits per heavy atom. The Hall–Kier alpha value is -4.41. The van der Waals surface area contributed by atoms with E-state index in [2.05, 4.69) is 219 Å². The quantitative estimate of drug-likeness (QED) is 0.0693. The number of rotatable bonds is 13. The summed E-state index contributed by atoms with van der Waals surface area (Å²) in [6, 6.07) is 16.2. The first-order valence-corrected chi connectivity index (χ1v) is 27.8. The molecule has 1 saturated heterocycles. The molecule has 4 aromatic rings. The van der Waals surface area contributed by atoms with E-state index >= 15 is 0 Å². The van der Waals surface area contributed by atoms with Crippen molar-refractivity contribution >= 4 is 17.5 Å². The van der Waals surface area contributed by atoms with Gasteiger partial charge in [0.1, 0.15) is 17.5 Å². The maximum absolute atomic E-state index is 8.68. The molecular formula is C61H112N12O3. The Kier molecular flexibility index (Phi) is 32.5. The number of piperazine rings is 1. The van der Waals surface area contributed by atoms with E-state index in [1.165, 1.54) is 18.7 Å². The molecule has 0 atom stereocenters. The third-order valence-corrected chi connectivity index (χ3v) is 11.5. The predicted octanol–water partition coefficient (Wildman–Crippen LogP) is 12.1. The number of pyridine rings is 1. The van der Waals surface area contributed by atoms with E-state index in [9.17, 15) is 0 Å². The van der Waals surface area contributed by atoms with E-state index in [-0.39, 0.29) is 33.7 Å². The Balaban J connectivity index is 0.000000899. The molecule has 76 heavy (non-hydrogen) atoms. The minimum atomic E-state index is 0.0536. The summed E-state index contributed by atoms with van der Waals surface area (Å²) < 4.78 is 4.93. The third kappa shape index (κ3) is 35.1. The molecule has 5 rings (SSSR count). The minimum Gasteiger partial charge on any atom is -0.396 e. The van der Waals surface area contributed by atoms with Crippen LogP contribution in [0.2, 0.25) is 0 Å². The van der Waals surface area contributed by atoms with Crippen molar-refractivity contribution in [2.24, 2.45) is 10.8 Å². The Labute approximate surface area is 464 Å². The lowest BCUT2D eigenvalue weighted by Crippen LogP contribution is -2.51. The summed E-state index contributed by atoms with van der Waals surface area (Å²) in [7, 11) is 1.68. The average molecular weight is 1060 g/mol. The van der Waals surface area contributed by atoms with Crippen LogP contribution in [0.4, 0.5) is 17.5 Å². The third-order valence-electron chi connectivity index (χ3n) is 11.5. The molecule has 0 saturated carbocycles. The molecule has 0 bridgehead atoms. The largest absolute Gasteiger partial charge is 0.396 e. The van der Waals surface area contributed by atoms with Crippen molar-refractivity contribution in [2.45, 2.75) is 205 Å². The van der Waals surface area contributed by atoms with Crippen LogP contribution in [-0.2, 0) is 32.8 Å². The highest BCUT2D eigenvalue weighted by Gasteiger charge is 2.22. The van der Waals surface area contributed by atoms with Gasteiger partial charge in [-0.3, -0.25) is 9.88 Å². The van der Waals surface area contributed by atoms with E-state index in [0.717, 1.165) is 98.6 Å². The molecule has 1 fully saturated rings. The number of hydrogen-bond acceptors (Lipinski definition) is 15. The van der Waals surface area contributed by atoms with Crippen molar-refractivity contribution in [2.75, 3.05) is 88.7 Å². The maximum Gasteiger partial charge on any atom is 0.148 e.